The summed E-state index contributed by atoms with van der Waals surface area (Å²) in [6.45, 7) is 4.89. The molecule has 0 saturated carbocycles. The quantitative estimate of drug-likeness (QED) is 0.277. The highest BCUT2D eigenvalue weighted by Gasteiger charge is 2.27. The fourth-order valence-electron chi connectivity index (χ4n) is 4.43. The molecule has 1 aliphatic rings. The Morgan fingerprint density at radius 3 is 2.34 bits per heavy atom. The summed E-state index contributed by atoms with van der Waals surface area (Å²) < 4.78 is 45.8. The van der Waals surface area contributed by atoms with Crippen molar-refractivity contribution >= 4 is 32.9 Å². The van der Waals surface area contributed by atoms with E-state index in [1.807, 2.05) is 49.1 Å². The first kappa shape index (κ1) is 30.5. The SMILES string of the molecule is CCC(/C=C\C=C(/C)c1ccc(Oc2c(N3CCN(S(C)(=O)=O)CC3)cnn(-c3ccc(Cl)cc3)c2=O)cc1)CF. The molecule has 0 bridgehead atoms. The van der Waals surface area contributed by atoms with Gasteiger partial charge < -0.3 is 9.64 Å². The number of allylic oxidation sites excluding steroid dienone is 4. The molecule has 3 aromatic rings. The molecular formula is C30H34ClFN4O4S. The van der Waals surface area contributed by atoms with Crippen LogP contribution in [0.3, 0.4) is 0 Å². The van der Waals surface area contributed by atoms with Crippen molar-refractivity contribution in [1.29, 1.82) is 0 Å². The van der Waals surface area contributed by atoms with Crippen LogP contribution in [0.2, 0.25) is 5.02 Å². The van der Waals surface area contributed by atoms with Crippen molar-refractivity contribution in [2.75, 3.05) is 44.0 Å². The van der Waals surface area contributed by atoms with Gasteiger partial charge in [-0.2, -0.15) is 14.1 Å². The van der Waals surface area contributed by atoms with Gasteiger partial charge in [-0.1, -0.05) is 48.9 Å². The summed E-state index contributed by atoms with van der Waals surface area (Å²) in [6.07, 6.45) is 9.18. The second-order valence-corrected chi connectivity index (χ2v) is 12.3. The summed E-state index contributed by atoms with van der Waals surface area (Å²) in [4.78, 5) is 15.6. The van der Waals surface area contributed by atoms with E-state index in [0.717, 1.165) is 17.6 Å². The zero-order valence-electron chi connectivity index (χ0n) is 23.3. The molecule has 41 heavy (non-hydrogen) atoms. The van der Waals surface area contributed by atoms with Gasteiger partial charge in [-0.3, -0.25) is 9.18 Å². The molecule has 0 radical (unpaired) electrons. The number of halogens is 2. The number of aromatic nitrogens is 2. The molecule has 0 aliphatic carbocycles. The van der Waals surface area contributed by atoms with Gasteiger partial charge in [0.15, 0.2) is 0 Å². The van der Waals surface area contributed by atoms with E-state index in [1.54, 1.807) is 42.6 Å². The maximum Gasteiger partial charge on any atom is 0.316 e. The average molecular weight is 601 g/mol. The molecule has 8 nitrogen and oxygen atoms in total. The minimum Gasteiger partial charge on any atom is -0.449 e. The number of piperazine rings is 1. The number of sulfonamides is 1. The highest BCUT2D eigenvalue weighted by Crippen LogP contribution is 2.31. The van der Waals surface area contributed by atoms with E-state index in [9.17, 15) is 17.6 Å². The Balaban J connectivity index is 1.64. The Hall–Kier alpha value is -3.47. The van der Waals surface area contributed by atoms with E-state index in [2.05, 4.69) is 5.10 Å². The fraction of sp³-hybridized carbons (Fsp3) is 0.333. The molecule has 1 saturated heterocycles. The van der Waals surface area contributed by atoms with Crippen LogP contribution in [0.5, 0.6) is 11.5 Å². The molecule has 2 heterocycles. The van der Waals surface area contributed by atoms with Gasteiger partial charge in [-0.25, -0.2) is 8.42 Å². The topological polar surface area (TPSA) is 84.7 Å². The van der Waals surface area contributed by atoms with Crippen molar-refractivity contribution in [3.05, 3.63) is 93.9 Å². The lowest BCUT2D eigenvalue weighted by Crippen LogP contribution is -2.48. The predicted octanol–water partition coefficient (Wildman–Crippen LogP) is 5.72. The van der Waals surface area contributed by atoms with Gasteiger partial charge in [0.1, 0.15) is 11.4 Å². The highest BCUT2D eigenvalue weighted by molar-refractivity contribution is 7.88. The van der Waals surface area contributed by atoms with E-state index in [4.69, 9.17) is 16.3 Å². The van der Waals surface area contributed by atoms with Gasteiger partial charge >= 0.3 is 5.56 Å². The lowest BCUT2D eigenvalue weighted by Gasteiger charge is -2.35. The molecule has 0 amide bonds. The van der Waals surface area contributed by atoms with Crippen molar-refractivity contribution in [2.24, 2.45) is 5.92 Å². The zero-order valence-corrected chi connectivity index (χ0v) is 24.9. The van der Waals surface area contributed by atoms with Crippen LogP contribution >= 0.6 is 11.6 Å². The molecule has 1 aliphatic heterocycles. The molecule has 0 spiro atoms. The smallest absolute Gasteiger partial charge is 0.316 e. The molecule has 1 unspecified atom stereocenters. The first-order chi connectivity index (χ1) is 19.6. The minimum atomic E-state index is -3.31. The van der Waals surface area contributed by atoms with Gasteiger partial charge in [-0.15, -0.1) is 0 Å². The fourth-order valence-corrected chi connectivity index (χ4v) is 5.38. The number of ether oxygens (including phenoxy) is 1. The van der Waals surface area contributed by atoms with Crippen LogP contribution in [0.25, 0.3) is 11.3 Å². The predicted molar refractivity (Wildman–Crippen MR) is 163 cm³/mol. The standard InChI is InChI=1S/C30H34ClFN4O4S/c1-4-23(20-32)7-5-6-22(2)24-8-14-27(15-9-24)40-29-28(34-16-18-35(19-17-34)41(3,38)39)21-33-36(30(29)37)26-12-10-25(31)11-13-26/h5-15,21,23H,4,16-20H2,1-3H3/b7-5-,22-6+. The van der Waals surface area contributed by atoms with Crippen molar-refractivity contribution in [2.45, 2.75) is 20.3 Å². The number of rotatable bonds is 10. The molecule has 2 aromatic carbocycles. The normalized spacial score (nSPS) is 15.8. The molecule has 218 valence electrons. The van der Waals surface area contributed by atoms with Gasteiger partial charge in [0, 0.05) is 37.1 Å². The number of hydrogen-bond acceptors (Lipinski definition) is 6. The van der Waals surface area contributed by atoms with Crippen molar-refractivity contribution in [1.82, 2.24) is 14.1 Å². The lowest BCUT2D eigenvalue weighted by molar-refractivity contribution is 0.384. The average Bonchev–Trinajstić information content (AvgIpc) is 2.97. The first-order valence-corrected chi connectivity index (χ1v) is 15.6. The third-order valence-corrected chi connectivity index (χ3v) is 8.57. The Kier molecular flexibility index (Phi) is 10.0. The van der Waals surface area contributed by atoms with E-state index >= 15 is 0 Å². The lowest BCUT2D eigenvalue weighted by atomic mass is 10.1. The number of anilines is 1. The summed E-state index contributed by atoms with van der Waals surface area (Å²) in [7, 11) is -3.31. The second kappa shape index (κ2) is 13.5. The third-order valence-electron chi connectivity index (χ3n) is 7.02. The number of nitrogens with zero attached hydrogens (tertiary/aromatic N) is 4. The molecule has 11 heteroatoms. The highest BCUT2D eigenvalue weighted by atomic mass is 35.5. The van der Waals surface area contributed by atoms with Crippen molar-refractivity contribution < 1.29 is 17.5 Å². The number of hydrogen-bond donors (Lipinski definition) is 0. The van der Waals surface area contributed by atoms with Crippen LogP contribution < -0.4 is 15.2 Å². The van der Waals surface area contributed by atoms with E-state index in [0.29, 0.717) is 35.2 Å². The van der Waals surface area contributed by atoms with E-state index < -0.39 is 15.6 Å². The second-order valence-electron chi connectivity index (χ2n) is 9.89. The first-order valence-electron chi connectivity index (χ1n) is 13.4. The third kappa shape index (κ3) is 7.63. The number of alkyl halides is 1. The van der Waals surface area contributed by atoms with Crippen LogP contribution in [-0.2, 0) is 10.0 Å². The van der Waals surface area contributed by atoms with Crippen LogP contribution in [0, 0.1) is 5.92 Å². The molecular weight excluding hydrogens is 567 g/mol. The van der Waals surface area contributed by atoms with Gasteiger partial charge in [-0.05, 0) is 60.9 Å². The van der Waals surface area contributed by atoms with Gasteiger partial charge in [0.25, 0.3) is 0 Å². The summed E-state index contributed by atoms with van der Waals surface area (Å²) in [5.74, 6) is 0.459. The van der Waals surface area contributed by atoms with Gasteiger partial charge in [0.05, 0.1) is 24.8 Å². The largest absolute Gasteiger partial charge is 0.449 e. The molecule has 1 atom stereocenters. The van der Waals surface area contributed by atoms with Gasteiger partial charge in [0.2, 0.25) is 15.8 Å². The Morgan fingerprint density at radius 1 is 1.10 bits per heavy atom. The Labute approximate surface area is 245 Å². The summed E-state index contributed by atoms with van der Waals surface area (Å²) in [5, 5.41) is 4.92. The Morgan fingerprint density at radius 2 is 1.76 bits per heavy atom. The Bertz CT molecular complexity index is 1560. The van der Waals surface area contributed by atoms with Crippen LogP contribution in [0.15, 0.2) is 77.8 Å². The van der Waals surface area contributed by atoms with E-state index in [1.165, 1.54) is 15.2 Å². The summed E-state index contributed by atoms with van der Waals surface area (Å²) in [5.41, 5.74) is 2.51. The van der Waals surface area contributed by atoms with Crippen LogP contribution in [0.1, 0.15) is 25.8 Å². The van der Waals surface area contributed by atoms with Crippen molar-refractivity contribution in [3.63, 3.8) is 0 Å². The minimum absolute atomic E-state index is 0.0857. The van der Waals surface area contributed by atoms with Crippen LogP contribution in [-0.4, -0.2) is 61.6 Å². The maximum atomic E-state index is 13.7. The zero-order chi connectivity index (χ0) is 29.6. The molecule has 1 fully saturated rings. The summed E-state index contributed by atoms with van der Waals surface area (Å²) in [6, 6.07) is 14.1. The molecule has 4 rings (SSSR count). The summed E-state index contributed by atoms with van der Waals surface area (Å²) >= 11 is 6.03. The monoisotopic (exact) mass is 600 g/mol. The van der Waals surface area contributed by atoms with E-state index in [-0.39, 0.29) is 31.4 Å². The number of benzene rings is 2. The molecule has 0 N–H and O–H groups in total. The molecule has 1 aromatic heterocycles. The van der Waals surface area contributed by atoms with Crippen molar-refractivity contribution in [3.8, 4) is 17.2 Å². The maximum absolute atomic E-state index is 13.7. The van der Waals surface area contributed by atoms with Crippen LogP contribution in [0.4, 0.5) is 10.1 Å².